The van der Waals surface area contributed by atoms with E-state index >= 15 is 0 Å². The average molecular weight is 629 g/mol. The molecule has 0 aliphatic heterocycles. The lowest BCUT2D eigenvalue weighted by molar-refractivity contribution is -0.220. The van der Waals surface area contributed by atoms with E-state index in [9.17, 15) is 44.6 Å². The molecule has 6 atom stereocenters. The number of carbonyl (C=O) groups is 2. The van der Waals surface area contributed by atoms with E-state index in [0.717, 1.165) is 64.2 Å². The number of phosphoric acid groups is 1. The minimum Gasteiger partial charge on any atom is -0.462 e. The molecule has 0 amide bonds. The Morgan fingerprint density at radius 2 is 1.07 bits per heavy atom. The van der Waals surface area contributed by atoms with Crippen LogP contribution in [0.25, 0.3) is 0 Å². The maximum Gasteiger partial charge on any atom is 0.472 e. The molecule has 0 radical (unpaired) electrons. The van der Waals surface area contributed by atoms with Crippen molar-refractivity contribution in [3.63, 3.8) is 0 Å². The molecule has 42 heavy (non-hydrogen) atoms. The van der Waals surface area contributed by atoms with E-state index in [2.05, 4.69) is 13.8 Å². The molecule has 0 saturated heterocycles. The van der Waals surface area contributed by atoms with Gasteiger partial charge in [0.1, 0.15) is 43.2 Å². The Balaban J connectivity index is 2.66. The fourth-order valence-corrected chi connectivity index (χ4v) is 5.55. The van der Waals surface area contributed by atoms with Crippen LogP contribution in [0.4, 0.5) is 0 Å². The third-order valence-corrected chi connectivity index (χ3v) is 8.18. The summed E-state index contributed by atoms with van der Waals surface area (Å²) in [5.41, 5.74) is 0. The maximum absolute atomic E-state index is 12.6. The van der Waals surface area contributed by atoms with Gasteiger partial charge in [-0.15, -0.1) is 0 Å². The number of carbonyl (C=O) groups excluding carboxylic acids is 2. The van der Waals surface area contributed by atoms with Gasteiger partial charge in [-0.1, -0.05) is 84.5 Å². The predicted molar refractivity (Wildman–Crippen MR) is 152 cm³/mol. The largest absolute Gasteiger partial charge is 0.472 e. The Morgan fingerprint density at radius 3 is 1.57 bits per heavy atom. The molecule has 0 bridgehead atoms. The fourth-order valence-electron chi connectivity index (χ4n) is 4.58. The Kier molecular flexibility index (Phi) is 19.9. The number of hydrogen-bond acceptors (Lipinski definition) is 12. The number of hydrogen-bond donors (Lipinski definition) is 6. The van der Waals surface area contributed by atoms with E-state index in [1.807, 2.05) is 0 Å². The summed E-state index contributed by atoms with van der Waals surface area (Å²) in [7, 11) is -5.08. The molecule has 0 spiro atoms. The minimum absolute atomic E-state index is 0.0990. The number of rotatable bonds is 23. The van der Waals surface area contributed by atoms with Crippen LogP contribution in [0.15, 0.2) is 0 Å². The van der Waals surface area contributed by atoms with Gasteiger partial charge in [-0.3, -0.25) is 18.6 Å². The van der Waals surface area contributed by atoms with Gasteiger partial charge in [0, 0.05) is 12.8 Å². The first kappa shape index (κ1) is 38.9. The summed E-state index contributed by atoms with van der Waals surface area (Å²) < 4.78 is 32.9. The van der Waals surface area contributed by atoms with E-state index < -0.39 is 75.7 Å². The molecule has 1 rings (SSSR count). The molecule has 1 fully saturated rings. The standard InChI is InChI=1S/C28H53O13P/c1-3-5-7-9-11-13-15-17-22(30)40-20(18-38-21(29)16-14-12-10-8-6-4-2)19-39-42(36,37)41-28-26(34)24(32)23(31)25(33)27(28)35/h20,23-28,31-35H,3-19H2,1-2H3,(H,36,37). The molecule has 0 aromatic rings. The van der Waals surface area contributed by atoms with E-state index in [0.29, 0.717) is 12.8 Å². The van der Waals surface area contributed by atoms with Crippen LogP contribution in [0, 0.1) is 0 Å². The van der Waals surface area contributed by atoms with Crippen LogP contribution >= 0.6 is 7.82 Å². The molecule has 13 nitrogen and oxygen atoms in total. The predicted octanol–water partition coefficient (Wildman–Crippen LogP) is 2.65. The van der Waals surface area contributed by atoms with Crippen LogP contribution in [-0.4, -0.2) is 98.3 Å². The van der Waals surface area contributed by atoms with E-state index in [4.69, 9.17) is 18.5 Å². The number of ether oxygens (including phenoxy) is 2. The van der Waals surface area contributed by atoms with Gasteiger partial charge in [-0.2, -0.15) is 0 Å². The third kappa shape index (κ3) is 15.5. The minimum atomic E-state index is -5.08. The summed E-state index contributed by atoms with van der Waals surface area (Å²) >= 11 is 0. The first-order chi connectivity index (χ1) is 19.9. The van der Waals surface area contributed by atoms with Gasteiger partial charge >= 0.3 is 19.8 Å². The zero-order valence-corrected chi connectivity index (χ0v) is 25.9. The summed E-state index contributed by atoms with van der Waals surface area (Å²) in [5, 5.41) is 49.5. The number of phosphoric ester groups is 1. The topological polar surface area (TPSA) is 210 Å². The number of unbranched alkanes of at least 4 members (excludes halogenated alkanes) is 11. The summed E-state index contributed by atoms with van der Waals surface area (Å²) in [5.74, 6) is -1.12. The van der Waals surface area contributed by atoms with Crippen molar-refractivity contribution in [3.8, 4) is 0 Å². The number of esters is 2. The monoisotopic (exact) mass is 628 g/mol. The average Bonchev–Trinajstić information content (AvgIpc) is 2.96. The van der Waals surface area contributed by atoms with Crippen LogP contribution in [0.2, 0.25) is 0 Å². The highest BCUT2D eigenvalue weighted by Crippen LogP contribution is 2.47. The molecular weight excluding hydrogens is 575 g/mol. The van der Waals surface area contributed by atoms with Crippen molar-refractivity contribution in [3.05, 3.63) is 0 Å². The summed E-state index contributed by atoms with van der Waals surface area (Å²) in [4.78, 5) is 34.8. The second-order valence-electron chi connectivity index (χ2n) is 11.0. The van der Waals surface area contributed by atoms with E-state index in [1.54, 1.807) is 0 Å². The van der Waals surface area contributed by atoms with Crippen LogP contribution in [0.5, 0.6) is 0 Å². The highest BCUT2D eigenvalue weighted by Gasteiger charge is 2.51. The SMILES string of the molecule is CCCCCCCCCC(=O)OC(COC(=O)CCCCCCCC)COP(=O)(O)OC1C(O)C(O)C(O)C(O)C1O. The van der Waals surface area contributed by atoms with Crippen molar-refractivity contribution in [1.82, 2.24) is 0 Å². The van der Waals surface area contributed by atoms with Crippen LogP contribution in [0.3, 0.4) is 0 Å². The van der Waals surface area contributed by atoms with Crippen molar-refractivity contribution in [2.75, 3.05) is 13.2 Å². The molecule has 6 N–H and O–H groups in total. The summed E-state index contributed by atoms with van der Waals surface area (Å²) in [6, 6.07) is 0. The Labute approximate surface area is 249 Å². The van der Waals surface area contributed by atoms with Crippen LogP contribution in [-0.2, 0) is 32.7 Å². The lowest BCUT2D eigenvalue weighted by Crippen LogP contribution is -2.64. The van der Waals surface area contributed by atoms with Crippen molar-refractivity contribution in [2.45, 2.75) is 153 Å². The smallest absolute Gasteiger partial charge is 0.462 e. The quantitative estimate of drug-likeness (QED) is 0.0547. The lowest BCUT2D eigenvalue weighted by atomic mass is 9.85. The number of aliphatic hydroxyl groups excluding tert-OH is 5. The second kappa shape index (κ2) is 21.5. The Morgan fingerprint density at radius 1 is 0.643 bits per heavy atom. The van der Waals surface area contributed by atoms with Crippen LogP contribution in [0.1, 0.15) is 110 Å². The molecule has 0 aromatic carbocycles. The maximum atomic E-state index is 12.6. The van der Waals surface area contributed by atoms with Gasteiger partial charge < -0.3 is 39.9 Å². The summed E-state index contributed by atoms with van der Waals surface area (Å²) in [6.07, 6.45) is -0.0731. The van der Waals surface area contributed by atoms with Gasteiger partial charge in [0.05, 0.1) is 6.61 Å². The third-order valence-electron chi connectivity index (χ3n) is 7.20. The first-order valence-corrected chi connectivity index (χ1v) is 16.8. The number of aliphatic hydroxyl groups is 5. The van der Waals surface area contributed by atoms with Crippen molar-refractivity contribution in [1.29, 1.82) is 0 Å². The summed E-state index contributed by atoms with van der Waals surface area (Å²) in [6.45, 7) is 3.08. The molecule has 1 aliphatic carbocycles. The molecule has 6 unspecified atom stereocenters. The van der Waals surface area contributed by atoms with Gasteiger partial charge in [0.25, 0.3) is 0 Å². The van der Waals surface area contributed by atoms with Crippen LogP contribution < -0.4 is 0 Å². The molecule has 248 valence electrons. The second-order valence-corrected chi connectivity index (χ2v) is 12.4. The highest BCUT2D eigenvalue weighted by molar-refractivity contribution is 7.47. The molecule has 14 heteroatoms. The molecule has 0 heterocycles. The molecule has 1 aliphatic rings. The van der Waals surface area contributed by atoms with E-state index in [1.165, 1.54) is 6.42 Å². The van der Waals surface area contributed by atoms with Gasteiger partial charge in [-0.25, -0.2) is 4.57 Å². The van der Waals surface area contributed by atoms with Crippen molar-refractivity contribution >= 4 is 19.8 Å². The van der Waals surface area contributed by atoms with Gasteiger partial charge in [-0.05, 0) is 12.8 Å². The molecular formula is C28H53O13P. The van der Waals surface area contributed by atoms with Crippen molar-refractivity contribution < 1.29 is 63.1 Å². The zero-order valence-electron chi connectivity index (χ0n) is 25.1. The van der Waals surface area contributed by atoms with Crippen molar-refractivity contribution in [2.24, 2.45) is 0 Å². The first-order valence-electron chi connectivity index (χ1n) is 15.3. The van der Waals surface area contributed by atoms with Gasteiger partial charge in [0.2, 0.25) is 0 Å². The van der Waals surface area contributed by atoms with Gasteiger partial charge in [0.15, 0.2) is 6.10 Å². The molecule has 1 saturated carbocycles. The normalized spacial score (nSPS) is 26.4. The zero-order chi connectivity index (χ0) is 31.5. The lowest BCUT2D eigenvalue weighted by Gasteiger charge is -2.41. The molecule has 0 aromatic heterocycles. The van der Waals surface area contributed by atoms with E-state index in [-0.39, 0.29) is 12.8 Å². The Hall–Kier alpha value is -1.15. The Bertz CT molecular complexity index is 782. The fraction of sp³-hybridized carbons (Fsp3) is 0.929. The highest BCUT2D eigenvalue weighted by atomic mass is 31.2.